The molecule has 0 aliphatic carbocycles. The molecule has 0 unspecified atom stereocenters. The summed E-state index contributed by atoms with van der Waals surface area (Å²) >= 11 is 1.67. The highest BCUT2D eigenvalue weighted by atomic mass is 32.1. The van der Waals surface area contributed by atoms with E-state index in [1.807, 2.05) is 41.9 Å². The molecule has 0 amide bonds. The third kappa shape index (κ3) is 2.80. The molecule has 0 radical (unpaired) electrons. The van der Waals surface area contributed by atoms with E-state index in [0.29, 0.717) is 18.9 Å². The van der Waals surface area contributed by atoms with Crippen LogP contribution in [0, 0.1) is 11.3 Å². The monoisotopic (exact) mass is 244 g/mol. The van der Waals surface area contributed by atoms with Crippen molar-refractivity contribution in [2.45, 2.75) is 6.42 Å². The van der Waals surface area contributed by atoms with E-state index < -0.39 is 0 Å². The standard InChI is InChI=1S/C12H12N4S/c1-16(6-3-5-13)12-14-8-10(9-15-12)11-4-2-7-17-11/h2,4,7-9H,3,6H2,1H3. The van der Waals surface area contributed by atoms with Crippen molar-refractivity contribution in [1.29, 1.82) is 5.26 Å². The number of rotatable bonds is 4. The van der Waals surface area contributed by atoms with Crippen molar-refractivity contribution >= 4 is 17.3 Å². The number of hydrogen-bond donors (Lipinski definition) is 0. The predicted molar refractivity (Wildman–Crippen MR) is 68.8 cm³/mol. The summed E-state index contributed by atoms with van der Waals surface area (Å²) in [7, 11) is 1.89. The molecule has 0 aromatic carbocycles. The summed E-state index contributed by atoms with van der Waals surface area (Å²) in [5.41, 5.74) is 1.03. The number of aromatic nitrogens is 2. The molecule has 2 aromatic heterocycles. The van der Waals surface area contributed by atoms with E-state index in [0.717, 1.165) is 10.4 Å². The van der Waals surface area contributed by atoms with Crippen LogP contribution in [0.4, 0.5) is 5.95 Å². The van der Waals surface area contributed by atoms with Gasteiger partial charge in [0, 0.05) is 36.4 Å². The Kier molecular flexibility index (Phi) is 3.68. The first-order valence-corrected chi connectivity index (χ1v) is 6.13. The predicted octanol–water partition coefficient (Wildman–Crippen LogP) is 2.55. The van der Waals surface area contributed by atoms with Crippen LogP contribution in [0.5, 0.6) is 0 Å². The Morgan fingerprint density at radius 1 is 1.41 bits per heavy atom. The highest BCUT2D eigenvalue weighted by Crippen LogP contribution is 2.23. The minimum atomic E-state index is 0.479. The molecule has 2 aromatic rings. The fourth-order valence-corrected chi connectivity index (χ4v) is 2.11. The third-order valence-electron chi connectivity index (χ3n) is 2.34. The molecule has 86 valence electrons. The molecule has 2 heterocycles. The number of hydrogen-bond acceptors (Lipinski definition) is 5. The Labute approximate surface area is 104 Å². The highest BCUT2D eigenvalue weighted by Gasteiger charge is 2.05. The summed E-state index contributed by atoms with van der Waals surface area (Å²) in [5, 5.41) is 10.5. The van der Waals surface area contributed by atoms with Crippen LogP contribution in [-0.4, -0.2) is 23.6 Å². The second-order valence-electron chi connectivity index (χ2n) is 3.58. The zero-order valence-electron chi connectivity index (χ0n) is 9.50. The van der Waals surface area contributed by atoms with Gasteiger partial charge in [0.05, 0.1) is 12.5 Å². The lowest BCUT2D eigenvalue weighted by atomic mass is 10.3. The summed E-state index contributed by atoms with van der Waals surface area (Å²) < 4.78 is 0. The van der Waals surface area contributed by atoms with E-state index in [4.69, 9.17) is 5.26 Å². The summed E-state index contributed by atoms with van der Waals surface area (Å²) in [5.74, 6) is 0.653. The number of nitrogens with zero attached hydrogens (tertiary/aromatic N) is 4. The maximum Gasteiger partial charge on any atom is 0.225 e. The Morgan fingerprint density at radius 2 is 2.18 bits per heavy atom. The van der Waals surface area contributed by atoms with Crippen molar-refractivity contribution in [3.8, 4) is 16.5 Å². The Bertz CT molecular complexity index is 498. The largest absolute Gasteiger partial charge is 0.343 e. The Morgan fingerprint density at radius 3 is 2.76 bits per heavy atom. The van der Waals surface area contributed by atoms with Gasteiger partial charge in [-0.25, -0.2) is 9.97 Å². The van der Waals surface area contributed by atoms with Crippen molar-refractivity contribution < 1.29 is 0 Å². The van der Waals surface area contributed by atoms with Gasteiger partial charge in [-0.2, -0.15) is 5.26 Å². The molecule has 4 nitrogen and oxygen atoms in total. The topological polar surface area (TPSA) is 52.8 Å². The van der Waals surface area contributed by atoms with Gasteiger partial charge in [-0.1, -0.05) is 6.07 Å². The molecule has 0 spiro atoms. The lowest BCUT2D eigenvalue weighted by molar-refractivity contribution is 0.859. The fraction of sp³-hybridized carbons (Fsp3) is 0.250. The molecule has 0 aliphatic heterocycles. The van der Waals surface area contributed by atoms with E-state index in [-0.39, 0.29) is 0 Å². The van der Waals surface area contributed by atoms with E-state index in [9.17, 15) is 0 Å². The van der Waals surface area contributed by atoms with Crippen molar-refractivity contribution in [2.75, 3.05) is 18.5 Å². The molecule has 0 atom stereocenters. The third-order valence-corrected chi connectivity index (χ3v) is 3.26. The van der Waals surface area contributed by atoms with Crippen molar-refractivity contribution in [2.24, 2.45) is 0 Å². The average molecular weight is 244 g/mol. The number of nitriles is 1. The smallest absolute Gasteiger partial charge is 0.225 e. The molecule has 5 heteroatoms. The van der Waals surface area contributed by atoms with Gasteiger partial charge in [0.2, 0.25) is 5.95 Å². The van der Waals surface area contributed by atoms with Crippen LogP contribution in [0.3, 0.4) is 0 Å². The lowest BCUT2D eigenvalue weighted by Gasteiger charge is -2.14. The van der Waals surface area contributed by atoms with E-state index in [2.05, 4.69) is 16.0 Å². The van der Waals surface area contributed by atoms with Gasteiger partial charge >= 0.3 is 0 Å². The van der Waals surface area contributed by atoms with Crippen LogP contribution in [0.1, 0.15) is 6.42 Å². The molecule has 0 saturated heterocycles. The van der Waals surface area contributed by atoms with Gasteiger partial charge in [-0.15, -0.1) is 11.3 Å². The van der Waals surface area contributed by atoms with E-state index >= 15 is 0 Å². The van der Waals surface area contributed by atoms with Crippen molar-refractivity contribution in [3.63, 3.8) is 0 Å². The zero-order chi connectivity index (χ0) is 12.1. The van der Waals surface area contributed by atoms with Crippen LogP contribution in [0.15, 0.2) is 29.9 Å². The first-order chi connectivity index (χ1) is 8.31. The molecule has 0 aliphatic rings. The van der Waals surface area contributed by atoms with E-state index in [1.54, 1.807) is 11.3 Å². The summed E-state index contributed by atoms with van der Waals surface area (Å²) in [6, 6.07) is 6.16. The molecule has 17 heavy (non-hydrogen) atoms. The lowest BCUT2D eigenvalue weighted by Crippen LogP contribution is -2.20. The van der Waals surface area contributed by atoms with Gasteiger partial charge in [-0.05, 0) is 11.4 Å². The number of anilines is 1. The van der Waals surface area contributed by atoms with Gasteiger partial charge in [0.25, 0.3) is 0 Å². The molecule has 0 bridgehead atoms. The van der Waals surface area contributed by atoms with Crippen LogP contribution in [0.2, 0.25) is 0 Å². The van der Waals surface area contributed by atoms with Gasteiger partial charge < -0.3 is 4.90 Å². The summed E-state index contributed by atoms with van der Waals surface area (Å²) in [6.07, 6.45) is 4.11. The molecule has 0 saturated carbocycles. The minimum absolute atomic E-state index is 0.479. The van der Waals surface area contributed by atoms with Crippen LogP contribution in [-0.2, 0) is 0 Å². The maximum atomic E-state index is 8.52. The summed E-state index contributed by atoms with van der Waals surface area (Å²) in [4.78, 5) is 11.6. The van der Waals surface area contributed by atoms with Crippen LogP contribution >= 0.6 is 11.3 Å². The zero-order valence-corrected chi connectivity index (χ0v) is 10.3. The Hall–Kier alpha value is -1.93. The normalized spacial score (nSPS) is 9.88. The first-order valence-electron chi connectivity index (χ1n) is 5.25. The van der Waals surface area contributed by atoms with Gasteiger partial charge in [0.1, 0.15) is 0 Å². The fourth-order valence-electron chi connectivity index (χ4n) is 1.41. The van der Waals surface area contributed by atoms with Crippen molar-refractivity contribution in [1.82, 2.24) is 9.97 Å². The minimum Gasteiger partial charge on any atom is -0.343 e. The van der Waals surface area contributed by atoms with Gasteiger partial charge in [0.15, 0.2) is 0 Å². The molecular weight excluding hydrogens is 232 g/mol. The average Bonchev–Trinajstić information content (AvgIpc) is 2.90. The maximum absolute atomic E-state index is 8.52. The molecule has 0 fully saturated rings. The van der Waals surface area contributed by atoms with E-state index in [1.165, 1.54) is 0 Å². The van der Waals surface area contributed by atoms with Crippen molar-refractivity contribution in [3.05, 3.63) is 29.9 Å². The SMILES string of the molecule is CN(CCC#N)c1ncc(-c2cccs2)cn1. The van der Waals surface area contributed by atoms with Crippen LogP contribution in [0.25, 0.3) is 10.4 Å². The Balaban J connectivity index is 2.11. The highest BCUT2D eigenvalue weighted by molar-refractivity contribution is 7.13. The first kappa shape index (κ1) is 11.6. The molecule has 2 rings (SSSR count). The van der Waals surface area contributed by atoms with Gasteiger partial charge in [-0.3, -0.25) is 0 Å². The second kappa shape index (κ2) is 5.41. The second-order valence-corrected chi connectivity index (χ2v) is 4.53. The number of thiophene rings is 1. The molecule has 0 N–H and O–H groups in total. The van der Waals surface area contributed by atoms with Crippen LogP contribution < -0.4 is 4.90 Å². The quantitative estimate of drug-likeness (QED) is 0.829. The molecular formula is C12H12N4S. The summed E-state index contributed by atoms with van der Waals surface area (Å²) in [6.45, 7) is 0.648.